The maximum atomic E-state index is 12.5. The van der Waals surface area contributed by atoms with Gasteiger partial charge in [0, 0.05) is 18.3 Å². The van der Waals surface area contributed by atoms with Crippen LogP contribution in [0.15, 0.2) is 60.6 Å². The number of nitrogens with zero attached hydrogens (tertiary/aromatic N) is 4. The van der Waals surface area contributed by atoms with Gasteiger partial charge in [-0.2, -0.15) is 0 Å². The second kappa shape index (κ2) is 8.97. The molecule has 3 heterocycles. The Labute approximate surface area is 193 Å². The van der Waals surface area contributed by atoms with Gasteiger partial charge in [-0.05, 0) is 43.2 Å². The van der Waals surface area contributed by atoms with E-state index in [2.05, 4.69) is 36.2 Å². The van der Waals surface area contributed by atoms with Gasteiger partial charge in [0.25, 0.3) is 0 Å². The Morgan fingerprint density at radius 2 is 2.03 bits per heavy atom. The molecule has 33 heavy (non-hydrogen) atoms. The molecule has 8 nitrogen and oxygen atoms in total. The van der Waals surface area contributed by atoms with Crippen LogP contribution in [-0.2, 0) is 16.4 Å². The zero-order chi connectivity index (χ0) is 22.8. The van der Waals surface area contributed by atoms with Gasteiger partial charge in [0.15, 0.2) is 11.3 Å². The Morgan fingerprint density at radius 3 is 2.85 bits per heavy atom. The molecule has 1 fully saturated rings. The van der Waals surface area contributed by atoms with E-state index in [9.17, 15) is 8.42 Å². The number of nitrogens with one attached hydrogen (secondary N) is 2. The molecule has 0 spiro atoms. The minimum atomic E-state index is -3.36. The number of fused-ring (bicyclic) bond motifs is 3. The van der Waals surface area contributed by atoms with E-state index in [0.717, 1.165) is 59.5 Å². The van der Waals surface area contributed by atoms with E-state index >= 15 is 0 Å². The second-order valence-corrected chi connectivity index (χ2v) is 10.6. The molecular formula is C24H28N6O2S. The van der Waals surface area contributed by atoms with Crippen molar-refractivity contribution < 1.29 is 8.42 Å². The smallest absolute Gasteiger partial charge is 0.232 e. The van der Waals surface area contributed by atoms with Crippen molar-refractivity contribution in [2.45, 2.75) is 44.9 Å². The first-order valence-electron chi connectivity index (χ1n) is 11.4. The number of hydrogen-bond acceptors (Lipinski definition) is 5. The molecule has 1 aliphatic carbocycles. The SMILES string of the molecule is CCC1C/C(=C\NS(=O)(=O)CCCc2ccccc2)CC1c1nnc2cnc3[nH]ccc3n12. The largest absolute Gasteiger partial charge is 0.345 e. The normalized spacial score (nSPS) is 20.2. The average molecular weight is 465 g/mol. The highest BCUT2D eigenvalue weighted by atomic mass is 32.2. The van der Waals surface area contributed by atoms with E-state index in [1.807, 2.05) is 42.6 Å². The number of aryl methyl sites for hydroxylation is 1. The summed E-state index contributed by atoms with van der Waals surface area (Å²) in [5.41, 5.74) is 4.74. The lowest BCUT2D eigenvalue weighted by atomic mass is 9.93. The molecule has 1 aromatic carbocycles. The molecule has 9 heteroatoms. The zero-order valence-corrected chi connectivity index (χ0v) is 19.4. The minimum Gasteiger partial charge on any atom is -0.345 e. The number of aromatic nitrogens is 5. The molecule has 1 aliphatic rings. The molecule has 4 aromatic rings. The first-order valence-corrected chi connectivity index (χ1v) is 13.1. The van der Waals surface area contributed by atoms with Crippen LogP contribution in [0.3, 0.4) is 0 Å². The van der Waals surface area contributed by atoms with E-state index in [1.165, 1.54) is 0 Å². The van der Waals surface area contributed by atoms with E-state index in [-0.39, 0.29) is 11.7 Å². The van der Waals surface area contributed by atoms with E-state index < -0.39 is 10.0 Å². The summed E-state index contributed by atoms with van der Waals surface area (Å²) in [5.74, 6) is 1.59. The molecule has 1 saturated carbocycles. The predicted octanol–water partition coefficient (Wildman–Crippen LogP) is 3.95. The van der Waals surface area contributed by atoms with Gasteiger partial charge in [0.05, 0.1) is 17.5 Å². The van der Waals surface area contributed by atoms with E-state index in [1.54, 1.807) is 12.4 Å². The first-order chi connectivity index (χ1) is 16.0. The Bertz CT molecular complexity index is 1390. The average Bonchev–Trinajstić information content (AvgIpc) is 3.55. The lowest BCUT2D eigenvalue weighted by Gasteiger charge is -2.15. The minimum absolute atomic E-state index is 0.111. The second-order valence-electron chi connectivity index (χ2n) is 8.73. The van der Waals surface area contributed by atoms with Crippen LogP contribution in [0.1, 0.15) is 49.9 Å². The third-order valence-electron chi connectivity index (χ3n) is 6.56. The van der Waals surface area contributed by atoms with Crippen LogP contribution in [-0.4, -0.2) is 38.7 Å². The molecule has 0 saturated heterocycles. The number of allylic oxidation sites excluding steroid dienone is 1. The molecule has 5 rings (SSSR count). The number of hydrogen-bond donors (Lipinski definition) is 2. The van der Waals surface area contributed by atoms with Gasteiger partial charge in [-0.15, -0.1) is 10.2 Å². The zero-order valence-electron chi connectivity index (χ0n) is 18.6. The summed E-state index contributed by atoms with van der Waals surface area (Å²) >= 11 is 0. The van der Waals surface area contributed by atoms with Crippen molar-refractivity contribution in [2.24, 2.45) is 5.92 Å². The van der Waals surface area contributed by atoms with Crippen molar-refractivity contribution in [3.63, 3.8) is 0 Å². The molecule has 0 bridgehead atoms. The summed E-state index contributed by atoms with van der Waals surface area (Å²) in [4.78, 5) is 7.54. The fraction of sp³-hybridized carbons (Fsp3) is 0.375. The monoisotopic (exact) mass is 464 g/mol. The van der Waals surface area contributed by atoms with Crippen LogP contribution in [0.2, 0.25) is 0 Å². The van der Waals surface area contributed by atoms with Crippen LogP contribution in [0.4, 0.5) is 0 Å². The van der Waals surface area contributed by atoms with Crippen LogP contribution >= 0.6 is 0 Å². The van der Waals surface area contributed by atoms with Gasteiger partial charge in [-0.1, -0.05) is 49.2 Å². The summed E-state index contributed by atoms with van der Waals surface area (Å²) in [5, 5.41) is 8.85. The molecule has 2 N–H and O–H groups in total. The van der Waals surface area contributed by atoms with Crippen molar-refractivity contribution in [1.82, 2.24) is 29.3 Å². The Balaban J connectivity index is 1.29. The highest BCUT2D eigenvalue weighted by Crippen LogP contribution is 2.44. The Morgan fingerprint density at radius 1 is 1.18 bits per heavy atom. The van der Waals surface area contributed by atoms with Crippen molar-refractivity contribution in [1.29, 1.82) is 0 Å². The topological polar surface area (TPSA) is 105 Å². The molecule has 2 atom stereocenters. The number of benzene rings is 1. The van der Waals surface area contributed by atoms with Crippen LogP contribution < -0.4 is 4.72 Å². The Kier molecular flexibility index (Phi) is 5.88. The van der Waals surface area contributed by atoms with Crippen molar-refractivity contribution in [3.8, 4) is 0 Å². The molecule has 172 valence electrons. The first kappa shape index (κ1) is 21.6. The summed E-state index contributed by atoms with van der Waals surface area (Å²) in [6.07, 6.45) is 9.25. The van der Waals surface area contributed by atoms with E-state index in [4.69, 9.17) is 0 Å². The molecule has 0 aliphatic heterocycles. The lowest BCUT2D eigenvalue weighted by molar-refractivity contribution is 0.452. The highest BCUT2D eigenvalue weighted by Gasteiger charge is 2.34. The number of rotatable bonds is 8. The fourth-order valence-corrected chi connectivity index (χ4v) is 5.83. The maximum absolute atomic E-state index is 12.5. The van der Waals surface area contributed by atoms with Crippen molar-refractivity contribution >= 4 is 26.8 Å². The molecule has 0 amide bonds. The number of aromatic amines is 1. The van der Waals surface area contributed by atoms with Gasteiger partial charge in [-0.25, -0.2) is 13.4 Å². The van der Waals surface area contributed by atoms with E-state index in [0.29, 0.717) is 12.3 Å². The summed E-state index contributed by atoms with van der Waals surface area (Å²) < 4.78 is 29.9. The van der Waals surface area contributed by atoms with Gasteiger partial charge in [-0.3, -0.25) is 9.12 Å². The van der Waals surface area contributed by atoms with Crippen molar-refractivity contribution in [2.75, 3.05) is 5.75 Å². The fourth-order valence-electron chi connectivity index (χ4n) is 4.84. The third-order valence-corrected chi connectivity index (χ3v) is 7.87. The maximum Gasteiger partial charge on any atom is 0.232 e. The predicted molar refractivity (Wildman–Crippen MR) is 128 cm³/mol. The third kappa shape index (κ3) is 4.50. The highest BCUT2D eigenvalue weighted by molar-refractivity contribution is 7.89. The Hall–Kier alpha value is -3.20. The standard InChI is InChI=1S/C24H28N6O2S/c1-2-19-13-18(15-27-33(31,32)12-6-9-17-7-4-3-5-8-17)14-20(19)24-29-28-22-16-26-23-21(30(22)24)10-11-25-23/h3-5,7-8,10-11,15-16,19-20,25,27H,2,6,9,12-14H2,1H3/b18-15+. The number of H-pyrrole nitrogens is 1. The van der Waals surface area contributed by atoms with Crippen LogP contribution in [0, 0.1) is 5.92 Å². The lowest BCUT2D eigenvalue weighted by Crippen LogP contribution is -2.22. The summed E-state index contributed by atoms with van der Waals surface area (Å²) in [6, 6.07) is 12.0. The summed E-state index contributed by atoms with van der Waals surface area (Å²) in [7, 11) is -3.36. The van der Waals surface area contributed by atoms with Gasteiger partial charge < -0.3 is 4.98 Å². The number of sulfonamides is 1. The van der Waals surface area contributed by atoms with Crippen molar-refractivity contribution in [3.05, 3.63) is 72.0 Å². The van der Waals surface area contributed by atoms with Crippen LogP contribution in [0.5, 0.6) is 0 Å². The molecular weight excluding hydrogens is 436 g/mol. The molecule has 0 radical (unpaired) electrons. The summed E-state index contributed by atoms with van der Waals surface area (Å²) in [6.45, 7) is 2.17. The van der Waals surface area contributed by atoms with Crippen LogP contribution in [0.25, 0.3) is 16.8 Å². The van der Waals surface area contributed by atoms with Gasteiger partial charge >= 0.3 is 0 Å². The van der Waals surface area contributed by atoms with Gasteiger partial charge in [0.2, 0.25) is 10.0 Å². The van der Waals surface area contributed by atoms with Gasteiger partial charge in [0.1, 0.15) is 5.82 Å². The molecule has 3 aromatic heterocycles. The quantitative estimate of drug-likeness (QED) is 0.411. The molecule has 2 unspecified atom stereocenters.